The smallest absolute Gasteiger partial charge is 0.161 e. The minimum Gasteiger partial charge on any atom is -0.228 e. The van der Waals surface area contributed by atoms with Crippen molar-refractivity contribution in [1.29, 1.82) is 0 Å². The maximum absolute atomic E-state index is 5.26. The Labute approximate surface area is 345 Å². The molecule has 1 heterocycles. The van der Waals surface area contributed by atoms with Gasteiger partial charge in [0.1, 0.15) is 0 Å². The molecule has 2 heteroatoms. The topological polar surface area (TPSA) is 25.8 Å². The quantitative estimate of drug-likeness (QED) is 0.169. The van der Waals surface area contributed by atoms with Gasteiger partial charge in [0.05, 0.1) is 11.4 Å². The van der Waals surface area contributed by atoms with Crippen molar-refractivity contribution in [3.8, 4) is 78.4 Å². The van der Waals surface area contributed by atoms with Crippen LogP contribution in [0.25, 0.3) is 100.0 Å². The summed E-state index contributed by atoms with van der Waals surface area (Å²) in [5.74, 6) is 0.709. The zero-order valence-electron chi connectivity index (χ0n) is 33.0. The number of fused-ring (bicyclic) bond motifs is 6. The van der Waals surface area contributed by atoms with Crippen LogP contribution in [-0.2, 0) is 5.41 Å². The van der Waals surface area contributed by atoms with E-state index in [0.29, 0.717) is 5.82 Å². The first-order chi connectivity index (χ1) is 29.0. The summed E-state index contributed by atoms with van der Waals surface area (Å²) >= 11 is 0. The van der Waals surface area contributed by atoms with Gasteiger partial charge in [-0.3, -0.25) is 0 Å². The van der Waals surface area contributed by atoms with Gasteiger partial charge in [0.15, 0.2) is 5.82 Å². The molecule has 278 valence electrons. The Balaban J connectivity index is 0.991. The Morgan fingerprint density at radius 3 is 1.53 bits per heavy atom. The molecule has 0 radical (unpaired) electrons. The second kappa shape index (κ2) is 13.9. The van der Waals surface area contributed by atoms with E-state index in [0.717, 1.165) is 33.5 Å². The fourth-order valence-electron chi connectivity index (χ4n) is 9.40. The van der Waals surface area contributed by atoms with Gasteiger partial charge >= 0.3 is 0 Å². The van der Waals surface area contributed by atoms with E-state index in [1.54, 1.807) is 0 Å². The third kappa shape index (κ3) is 5.87. The van der Waals surface area contributed by atoms with E-state index in [9.17, 15) is 0 Å². The minimum atomic E-state index is -0.0970. The normalized spacial score (nSPS) is 12.7. The van der Waals surface area contributed by atoms with Gasteiger partial charge in [0.25, 0.3) is 0 Å². The lowest BCUT2D eigenvalue weighted by Crippen LogP contribution is -2.15. The first-order valence-electron chi connectivity index (χ1n) is 20.4. The summed E-state index contributed by atoms with van der Waals surface area (Å²) in [7, 11) is 0. The first kappa shape index (κ1) is 34.8. The van der Waals surface area contributed by atoms with E-state index >= 15 is 0 Å². The Bertz CT molecular complexity index is 3200. The molecule has 9 aromatic carbocycles. The predicted molar refractivity (Wildman–Crippen MR) is 247 cm³/mol. The van der Waals surface area contributed by atoms with Gasteiger partial charge in [-0.15, -0.1) is 0 Å². The van der Waals surface area contributed by atoms with Crippen LogP contribution < -0.4 is 0 Å². The lowest BCUT2D eigenvalue weighted by molar-refractivity contribution is 0.666. The van der Waals surface area contributed by atoms with Crippen LogP contribution in [0, 0.1) is 0 Å². The summed E-state index contributed by atoms with van der Waals surface area (Å²) in [4.78, 5) is 10.5. The van der Waals surface area contributed by atoms with Crippen LogP contribution in [0.3, 0.4) is 0 Å². The molecule has 0 N–H and O–H groups in total. The average molecular weight is 753 g/mol. The van der Waals surface area contributed by atoms with Crippen LogP contribution in [0.4, 0.5) is 0 Å². The fourth-order valence-corrected chi connectivity index (χ4v) is 9.40. The van der Waals surface area contributed by atoms with Crippen molar-refractivity contribution in [1.82, 2.24) is 9.97 Å². The summed E-state index contributed by atoms with van der Waals surface area (Å²) < 4.78 is 0. The number of hydrogen-bond donors (Lipinski definition) is 0. The highest BCUT2D eigenvalue weighted by Gasteiger charge is 2.38. The zero-order chi connectivity index (χ0) is 39.5. The molecular weight excluding hydrogens is 713 g/mol. The summed E-state index contributed by atoms with van der Waals surface area (Å²) in [5, 5.41) is 4.93. The molecule has 11 rings (SSSR count). The van der Waals surface area contributed by atoms with E-state index in [1.165, 1.54) is 71.8 Å². The van der Waals surface area contributed by atoms with Crippen molar-refractivity contribution in [2.24, 2.45) is 0 Å². The van der Waals surface area contributed by atoms with Crippen molar-refractivity contribution in [3.63, 3.8) is 0 Å². The molecule has 0 aliphatic heterocycles. The van der Waals surface area contributed by atoms with E-state index in [1.807, 2.05) is 6.07 Å². The van der Waals surface area contributed by atoms with Crippen molar-refractivity contribution in [2.75, 3.05) is 0 Å². The van der Waals surface area contributed by atoms with Gasteiger partial charge in [0.2, 0.25) is 0 Å². The molecule has 1 aliphatic carbocycles. The lowest BCUT2D eigenvalue weighted by Gasteiger charge is -2.23. The average Bonchev–Trinajstić information content (AvgIpc) is 3.55. The van der Waals surface area contributed by atoms with E-state index in [2.05, 4.69) is 214 Å². The van der Waals surface area contributed by atoms with Crippen molar-refractivity contribution in [3.05, 3.63) is 217 Å². The molecule has 59 heavy (non-hydrogen) atoms. The van der Waals surface area contributed by atoms with Crippen LogP contribution >= 0.6 is 0 Å². The number of aromatic nitrogens is 2. The highest BCUT2D eigenvalue weighted by atomic mass is 14.9. The van der Waals surface area contributed by atoms with Crippen LogP contribution in [0.2, 0.25) is 0 Å². The molecule has 0 atom stereocenters. The van der Waals surface area contributed by atoms with Gasteiger partial charge in [0, 0.05) is 22.1 Å². The summed E-state index contributed by atoms with van der Waals surface area (Å²) in [6.07, 6.45) is 0. The SMILES string of the molecule is CC1(C)c2cccc(-c3ccc(-c4ccc(-c5nc(-c6ccccc6)cc(-c6ccc(-c7ccccc7)cc6)n5)c5ccccc45)cc3)c2-c2ccc3ccccc3c21. The van der Waals surface area contributed by atoms with Gasteiger partial charge in [-0.1, -0.05) is 208 Å². The maximum Gasteiger partial charge on any atom is 0.161 e. The Hall–Kier alpha value is -7.42. The second-order valence-electron chi connectivity index (χ2n) is 16.1. The highest BCUT2D eigenvalue weighted by Crippen LogP contribution is 2.54. The van der Waals surface area contributed by atoms with Gasteiger partial charge in [-0.2, -0.15) is 0 Å². The molecule has 0 spiro atoms. The molecule has 1 aromatic heterocycles. The summed E-state index contributed by atoms with van der Waals surface area (Å²) in [5.41, 5.74) is 17.5. The minimum absolute atomic E-state index is 0.0970. The Morgan fingerprint density at radius 1 is 0.339 bits per heavy atom. The standard InChI is InChI=1S/C57H40N2/c1-57(2)51-23-13-22-45(54(51)50-33-32-39-16-9-10-19-46(39)55(50)57)41-28-26-40(27-29-41)44-34-35-49(48-21-12-11-20-47(44)48)56-58-52(42-17-7-4-8-18-42)36-53(59-56)43-30-24-38(25-31-43)37-14-5-3-6-15-37/h3-36H,1-2H3. The highest BCUT2D eigenvalue weighted by molar-refractivity contribution is 6.05. The fraction of sp³-hybridized carbons (Fsp3) is 0.0526. The summed E-state index contributed by atoms with van der Waals surface area (Å²) in [6, 6.07) is 74.2. The lowest BCUT2D eigenvalue weighted by atomic mass is 9.80. The third-order valence-corrected chi connectivity index (χ3v) is 12.3. The number of rotatable bonds is 6. The molecule has 0 unspecified atom stereocenters. The Morgan fingerprint density at radius 2 is 0.831 bits per heavy atom. The molecule has 1 aliphatic rings. The van der Waals surface area contributed by atoms with Crippen molar-refractivity contribution < 1.29 is 0 Å². The molecule has 0 bridgehead atoms. The van der Waals surface area contributed by atoms with Crippen LogP contribution in [0.5, 0.6) is 0 Å². The van der Waals surface area contributed by atoms with Crippen molar-refractivity contribution in [2.45, 2.75) is 19.3 Å². The molecule has 2 nitrogen and oxygen atoms in total. The molecule has 0 saturated heterocycles. The molecular formula is C57H40N2. The van der Waals surface area contributed by atoms with Crippen LogP contribution in [-0.4, -0.2) is 9.97 Å². The molecule has 10 aromatic rings. The van der Waals surface area contributed by atoms with Gasteiger partial charge < -0.3 is 0 Å². The summed E-state index contributed by atoms with van der Waals surface area (Å²) in [6.45, 7) is 4.75. The monoisotopic (exact) mass is 752 g/mol. The number of benzene rings is 9. The zero-order valence-corrected chi connectivity index (χ0v) is 33.0. The Kier molecular flexibility index (Phi) is 8.20. The van der Waals surface area contributed by atoms with Crippen molar-refractivity contribution >= 4 is 21.5 Å². The van der Waals surface area contributed by atoms with E-state index in [4.69, 9.17) is 9.97 Å². The molecule has 0 amide bonds. The van der Waals surface area contributed by atoms with Crippen LogP contribution in [0.15, 0.2) is 206 Å². The van der Waals surface area contributed by atoms with Gasteiger partial charge in [-0.05, 0) is 89.3 Å². The maximum atomic E-state index is 5.26. The predicted octanol–water partition coefficient (Wildman–Crippen LogP) is 15.1. The molecule has 0 fully saturated rings. The second-order valence-corrected chi connectivity index (χ2v) is 16.1. The number of hydrogen-bond acceptors (Lipinski definition) is 2. The molecule has 0 saturated carbocycles. The number of nitrogens with zero attached hydrogens (tertiary/aromatic N) is 2. The van der Waals surface area contributed by atoms with E-state index < -0.39 is 0 Å². The van der Waals surface area contributed by atoms with Gasteiger partial charge in [-0.25, -0.2) is 9.97 Å². The first-order valence-corrected chi connectivity index (χ1v) is 20.4. The van der Waals surface area contributed by atoms with E-state index in [-0.39, 0.29) is 5.41 Å². The third-order valence-electron chi connectivity index (χ3n) is 12.3. The largest absolute Gasteiger partial charge is 0.228 e. The van der Waals surface area contributed by atoms with Crippen LogP contribution in [0.1, 0.15) is 25.0 Å².